The van der Waals surface area contributed by atoms with E-state index in [9.17, 15) is 23.1 Å². The molecular formula is C18H24N2O5S. The second-order valence-corrected chi connectivity index (χ2v) is 9.17. The number of benzene rings is 1. The molecule has 1 aromatic rings. The fourth-order valence-electron chi connectivity index (χ4n) is 3.50. The zero-order valence-corrected chi connectivity index (χ0v) is 15.5. The van der Waals surface area contributed by atoms with E-state index in [1.165, 1.54) is 0 Å². The average molecular weight is 380 g/mol. The van der Waals surface area contributed by atoms with Gasteiger partial charge in [0.05, 0.1) is 11.7 Å². The summed E-state index contributed by atoms with van der Waals surface area (Å²) in [6.45, 7) is 2.50. The van der Waals surface area contributed by atoms with Crippen LogP contribution in [-0.4, -0.2) is 49.1 Å². The Morgan fingerprint density at radius 2 is 1.85 bits per heavy atom. The molecule has 1 aromatic carbocycles. The van der Waals surface area contributed by atoms with Crippen LogP contribution in [-0.2, 0) is 21.4 Å². The Balaban J connectivity index is 1.64. The van der Waals surface area contributed by atoms with Gasteiger partial charge in [0, 0.05) is 25.2 Å². The molecule has 2 atom stereocenters. The maximum atomic E-state index is 12.7. The Labute approximate surface area is 153 Å². The summed E-state index contributed by atoms with van der Waals surface area (Å²) in [6, 6.07) is 6.76. The van der Waals surface area contributed by atoms with Crippen molar-refractivity contribution < 1.29 is 23.1 Å². The van der Waals surface area contributed by atoms with E-state index in [0.717, 1.165) is 18.4 Å². The van der Waals surface area contributed by atoms with Gasteiger partial charge in [0.2, 0.25) is 10.0 Å². The Morgan fingerprint density at radius 1 is 1.19 bits per heavy atom. The third-order valence-electron chi connectivity index (χ3n) is 5.27. The van der Waals surface area contributed by atoms with Gasteiger partial charge in [-0.25, -0.2) is 13.1 Å². The molecule has 2 N–H and O–H groups in total. The summed E-state index contributed by atoms with van der Waals surface area (Å²) >= 11 is 0. The quantitative estimate of drug-likeness (QED) is 0.742. The first-order valence-corrected chi connectivity index (χ1v) is 10.5. The van der Waals surface area contributed by atoms with Crippen LogP contribution in [0, 0.1) is 17.8 Å². The molecule has 1 saturated carbocycles. The van der Waals surface area contributed by atoms with E-state index in [2.05, 4.69) is 4.72 Å². The molecule has 7 nitrogen and oxygen atoms in total. The lowest BCUT2D eigenvalue weighted by atomic mass is 9.92. The molecule has 0 unspecified atom stereocenters. The van der Waals surface area contributed by atoms with Crippen LogP contribution in [0.25, 0.3) is 0 Å². The zero-order valence-electron chi connectivity index (χ0n) is 14.7. The minimum atomic E-state index is -3.26. The van der Waals surface area contributed by atoms with E-state index in [4.69, 9.17) is 0 Å². The molecule has 1 aliphatic heterocycles. The van der Waals surface area contributed by atoms with Gasteiger partial charge >= 0.3 is 5.97 Å². The third-order valence-corrected chi connectivity index (χ3v) is 6.62. The largest absolute Gasteiger partial charge is 0.481 e. The van der Waals surface area contributed by atoms with Gasteiger partial charge in [0.25, 0.3) is 5.91 Å². The lowest BCUT2D eigenvalue weighted by Gasteiger charge is -2.16. The number of carboxylic acids is 1. The van der Waals surface area contributed by atoms with Crippen molar-refractivity contribution >= 4 is 21.9 Å². The van der Waals surface area contributed by atoms with E-state index in [1.54, 1.807) is 36.1 Å². The number of hydrogen-bond acceptors (Lipinski definition) is 4. The van der Waals surface area contributed by atoms with Crippen LogP contribution >= 0.6 is 0 Å². The predicted molar refractivity (Wildman–Crippen MR) is 96.0 cm³/mol. The number of hydrogen-bond donors (Lipinski definition) is 2. The van der Waals surface area contributed by atoms with Gasteiger partial charge in [-0.2, -0.15) is 0 Å². The number of amides is 1. The number of sulfonamides is 1. The Bertz CT molecular complexity index is 786. The van der Waals surface area contributed by atoms with Crippen LogP contribution < -0.4 is 4.72 Å². The SMILES string of the molecule is CCS(=O)(=O)NCc1ccc(C(=O)N2C[C@H](C(=O)O)[C@@H](C3CC3)C2)cc1. The van der Waals surface area contributed by atoms with Gasteiger partial charge in [-0.15, -0.1) is 0 Å². The van der Waals surface area contributed by atoms with Crippen molar-refractivity contribution in [1.29, 1.82) is 0 Å². The number of likely N-dealkylation sites (tertiary alicyclic amines) is 1. The first-order chi connectivity index (χ1) is 12.3. The fourth-order valence-corrected chi connectivity index (χ4v) is 4.09. The van der Waals surface area contributed by atoms with Gasteiger partial charge in [-0.05, 0) is 49.3 Å². The highest BCUT2D eigenvalue weighted by atomic mass is 32.2. The summed E-state index contributed by atoms with van der Waals surface area (Å²) < 4.78 is 25.4. The van der Waals surface area contributed by atoms with E-state index >= 15 is 0 Å². The molecule has 26 heavy (non-hydrogen) atoms. The summed E-state index contributed by atoms with van der Waals surface area (Å²) in [5, 5.41) is 9.42. The first kappa shape index (κ1) is 18.8. The van der Waals surface area contributed by atoms with Crippen molar-refractivity contribution in [2.24, 2.45) is 17.8 Å². The molecule has 0 aromatic heterocycles. The second kappa shape index (κ2) is 7.36. The maximum Gasteiger partial charge on any atom is 0.308 e. The van der Waals surface area contributed by atoms with Gasteiger partial charge in [-0.3, -0.25) is 9.59 Å². The molecule has 1 saturated heterocycles. The maximum absolute atomic E-state index is 12.7. The van der Waals surface area contributed by atoms with Gasteiger partial charge in [-0.1, -0.05) is 12.1 Å². The molecule has 142 valence electrons. The van der Waals surface area contributed by atoms with Gasteiger partial charge < -0.3 is 10.0 Å². The van der Waals surface area contributed by atoms with Crippen molar-refractivity contribution in [1.82, 2.24) is 9.62 Å². The second-order valence-electron chi connectivity index (χ2n) is 7.08. The number of carbonyl (C=O) groups is 2. The summed E-state index contributed by atoms with van der Waals surface area (Å²) in [5.74, 6) is -0.960. The highest BCUT2D eigenvalue weighted by molar-refractivity contribution is 7.89. The van der Waals surface area contributed by atoms with Crippen molar-refractivity contribution in [2.75, 3.05) is 18.8 Å². The van der Waals surface area contributed by atoms with Gasteiger partial charge in [0.15, 0.2) is 0 Å². The van der Waals surface area contributed by atoms with Crippen molar-refractivity contribution in [2.45, 2.75) is 26.3 Å². The van der Waals surface area contributed by atoms with Crippen LogP contribution in [0.1, 0.15) is 35.7 Å². The number of aliphatic carboxylic acids is 1. The molecule has 3 rings (SSSR count). The van der Waals surface area contributed by atoms with Crippen molar-refractivity contribution in [3.05, 3.63) is 35.4 Å². The van der Waals surface area contributed by atoms with Crippen LogP contribution in [0.2, 0.25) is 0 Å². The molecule has 1 aliphatic carbocycles. The minimum absolute atomic E-state index is 0.0193. The fraction of sp³-hybridized carbons (Fsp3) is 0.556. The van der Waals surface area contributed by atoms with Crippen LogP contribution in [0.5, 0.6) is 0 Å². The zero-order chi connectivity index (χ0) is 18.9. The summed E-state index contributed by atoms with van der Waals surface area (Å²) in [4.78, 5) is 25.8. The van der Waals surface area contributed by atoms with E-state index in [-0.39, 0.29) is 30.7 Å². The number of nitrogens with zero attached hydrogens (tertiary/aromatic N) is 1. The molecule has 2 aliphatic rings. The summed E-state index contributed by atoms with van der Waals surface area (Å²) in [5.41, 5.74) is 1.26. The molecular weight excluding hydrogens is 356 g/mol. The monoisotopic (exact) mass is 380 g/mol. The summed E-state index contributed by atoms with van der Waals surface area (Å²) in [6.07, 6.45) is 2.11. The minimum Gasteiger partial charge on any atom is -0.481 e. The van der Waals surface area contributed by atoms with Crippen molar-refractivity contribution in [3.8, 4) is 0 Å². The highest BCUT2D eigenvalue weighted by Gasteiger charge is 2.46. The van der Waals surface area contributed by atoms with Crippen LogP contribution in [0.4, 0.5) is 0 Å². The topological polar surface area (TPSA) is 104 Å². The molecule has 2 fully saturated rings. The number of rotatable bonds is 7. The molecule has 0 bridgehead atoms. The van der Waals surface area contributed by atoms with E-state index < -0.39 is 21.9 Å². The number of nitrogens with one attached hydrogen (secondary N) is 1. The highest BCUT2D eigenvalue weighted by Crippen LogP contribution is 2.44. The van der Waals surface area contributed by atoms with Gasteiger partial charge in [0.1, 0.15) is 0 Å². The Morgan fingerprint density at radius 3 is 2.38 bits per heavy atom. The predicted octanol–water partition coefficient (Wildman–Crippen LogP) is 1.31. The lowest BCUT2D eigenvalue weighted by molar-refractivity contribution is -0.142. The average Bonchev–Trinajstić information content (AvgIpc) is 3.38. The van der Waals surface area contributed by atoms with E-state index in [1.807, 2.05) is 0 Å². The standard InChI is InChI=1S/C18H24N2O5S/c1-2-26(24,25)19-9-12-3-5-14(6-4-12)17(21)20-10-15(13-7-8-13)16(11-20)18(22)23/h3-6,13,15-16,19H,2,7-11H2,1H3,(H,22,23)/t15-,16+/m1/s1. The molecule has 1 amide bonds. The van der Waals surface area contributed by atoms with Crippen LogP contribution in [0.3, 0.4) is 0 Å². The number of carbonyl (C=O) groups excluding carboxylic acids is 1. The van der Waals surface area contributed by atoms with E-state index in [0.29, 0.717) is 18.0 Å². The molecule has 1 heterocycles. The molecule has 0 radical (unpaired) electrons. The lowest BCUT2D eigenvalue weighted by Crippen LogP contribution is -2.30. The number of carboxylic acid groups (broad SMARTS) is 1. The third kappa shape index (κ3) is 4.24. The normalized spacial score (nSPS) is 23.2. The van der Waals surface area contributed by atoms with Crippen molar-refractivity contribution in [3.63, 3.8) is 0 Å². The van der Waals surface area contributed by atoms with Crippen LogP contribution in [0.15, 0.2) is 24.3 Å². The first-order valence-electron chi connectivity index (χ1n) is 8.89. The Kier molecular flexibility index (Phi) is 5.34. The molecule has 8 heteroatoms. The Hall–Kier alpha value is -1.93. The summed E-state index contributed by atoms with van der Waals surface area (Å²) in [7, 11) is -3.26. The smallest absolute Gasteiger partial charge is 0.308 e. The molecule has 0 spiro atoms.